The summed E-state index contributed by atoms with van der Waals surface area (Å²) in [4.78, 5) is 0. The van der Waals surface area contributed by atoms with Gasteiger partial charge in [0.1, 0.15) is 18.1 Å². The summed E-state index contributed by atoms with van der Waals surface area (Å²) in [6.45, 7) is 2.28. The van der Waals surface area contributed by atoms with E-state index in [2.05, 4.69) is 10.3 Å². The van der Waals surface area contributed by atoms with Crippen molar-refractivity contribution >= 4 is 0 Å². The van der Waals surface area contributed by atoms with Crippen molar-refractivity contribution in [3.63, 3.8) is 0 Å². The molecule has 0 aliphatic rings. The Bertz CT molecular complexity index is 510. The van der Waals surface area contributed by atoms with Crippen LogP contribution in [0, 0.1) is 0 Å². The minimum Gasteiger partial charge on any atom is -0.487 e. The number of rotatable bonds is 5. The molecule has 0 saturated carbocycles. The van der Waals surface area contributed by atoms with Gasteiger partial charge in [0.2, 0.25) is 0 Å². The molecule has 0 unspecified atom stereocenters. The van der Waals surface area contributed by atoms with Gasteiger partial charge < -0.3 is 9.84 Å². The lowest BCUT2D eigenvalue weighted by Crippen LogP contribution is -2.02. The Morgan fingerprint density at radius 1 is 1.39 bits per heavy atom. The summed E-state index contributed by atoms with van der Waals surface area (Å²) in [5.41, 5.74) is 1.57. The van der Waals surface area contributed by atoms with Crippen LogP contribution in [0.5, 0.6) is 5.75 Å². The second-order valence-corrected chi connectivity index (χ2v) is 4.13. The van der Waals surface area contributed by atoms with Gasteiger partial charge in [-0.2, -0.15) is 0 Å². The largest absolute Gasteiger partial charge is 0.487 e. The van der Waals surface area contributed by atoms with E-state index in [1.165, 1.54) is 0 Å². The van der Waals surface area contributed by atoms with Crippen molar-refractivity contribution in [1.29, 1.82) is 0 Å². The highest BCUT2D eigenvalue weighted by atomic mass is 16.5. The van der Waals surface area contributed by atoms with Crippen molar-refractivity contribution < 1.29 is 9.84 Å². The molecule has 0 saturated heterocycles. The van der Waals surface area contributed by atoms with E-state index in [0.29, 0.717) is 18.8 Å². The van der Waals surface area contributed by atoms with Crippen LogP contribution in [-0.4, -0.2) is 20.1 Å². The number of aliphatic hydroxyl groups is 1. The first-order valence-corrected chi connectivity index (χ1v) is 5.95. The maximum absolute atomic E-state index is 9.90. The number of aryl methyl sites for hydroxylation is 1. The number of nitrogens with zero attached hydrogens (tertiary/aromatic N) is 3. The molecule has 2 aromatic rings. The van der Waals surface area contributed by atoms with Crippen molar-refractivity contribution in [2.75, 3.05) is 0 Å². The van der Waals surface area contributed by atoms with Crippen LogP contribution < -0.4 is 4.74 Å². The lowest BCUT2D eigenvalue weighted by atomic mass is 10.1. The van der Waals surface area contributed by atoms with Crippen LogP contribution in [0.2, 0.25) is 0 Å². The summed E-state index contributed by atoms with van der Waals surface area (Å²) in [6.07, 6.45) is 1.97. The van der Waals surface area contributed by atoms with Gasteiger partial charge in [-0.1, -0.05) is 30.3 Å². The Hall–Kier alpha value is -1.88. The van der Waals surface area contributed by atoms with Crippen molar-refractivity contribution in [2.45, 2.75) is 26.1 Å². The highest BCUT2D eigenvalue weighted by Gasteiger charge is 2.11. The Morgan fingerprint density at radius 2 is 2.17 bits per heavy atom. The van der Waals surface area contributed by atoms with Gasteiger partial charge in [-0.3, -0.25) is 4.68 Å². The molecule has 96 valence electrons. The highest BCUT2D eigenvalue weighted by Crippen LogP contribution is 2.27. The third kappa shape index (κ3) is 2.87. The summed E-state index contributed by atoms with van der Waals surface area (Å²) in [6, 6.07) is 7.51. The minimum absolute atomic E-state index is 0.348. The van der Waals surface area contributed by atoms with E-state index in [1.807, 2.05) is 38.2 Å². The van der Waals surface area contributed by atoms with E-state index in [1.54, 1.807) is 10.9 Å². The molecule has 1 aromatic heterocycles. The first-order chi connectivity index (χ1) is 8.70. The fraction of sp³-hybridized carbons (Fsp3) is 0.385. The molecular weight excluding hydrogens is 230 g/mol. The Balaban J connectivity index is 2.09. The third-order valence-corrected chi connectivity index (χ3v) is 2.69. The second-order valence-electron chi connectivity index (χ2n) is 4.13. The Morgan fingerprint density at radius 3 is 2.83 bits per heavy atom. The van der Waals surface area contributed by atoms with Crippen LogP contribution in [0.15, 0.2) is 30.5 Å². The zero-order valence-corrected chi connectivity index (χ0v) is 10.6. The van der Waals surface area contributed by atoms with Gasteiger partial charge in [0, 0.05) is 12.6 Å². The van der Waals surface area contributed by atoms with Gasteiger partial charge in [-0.05, 0) is 12.5 Å². The normalized spacial score (nSPS) is 12.4. The SMILES string of the molecule is CC[C@H](O)c1ccccc1OCc1cn(C)nn1. The van der Waals surface area contributed by atoms with Crippen LogP contribution >= 0.6 is 0 Å². The third-order valence-electron chi connectivity index (χ3n) is 2.69. The number of ether oxygens (including phenoxy) is 1. The molecule has 5 nitrogen and oxygen atoms in total. The molecule has 5 heteroatoms. The van der Waals surface area contributed by atoms with Crippen molar-refractivity contribution in [2.24, 2.45) is 7.05 Å². The predicted molar refractivity (Wildman–Crippen MR) is 67.0 cm³/mol. The molecule has 1 aromatic carbocycles. The van der Waals surface area contributed by atoms with Gasteiger partial charge in [-0.15, -0.1) is 5.10 Å². The van der Waals surface area contributed by atoms with Crippen LogP contribution in [-0.2, 0) is 13.7 Å². The summed E-state index contributed by atoms with van der Waals surface area (Å²) in [7, 11) is 1.81. The maximum atomic E-state index is 9.90. The molecule has 1 heterocycles. The molecule has 18 heavy (non-hydrogen) atoms. The summed E-state index contributed by atoms with van der Waals surface area (Å²) < 4.78 is 7.31. The molecular formula is C13H17N3O2. The first-order valence-electron chi connectivity index (χ1n) is 5.95. The maximum Gasteiger partial charge on any atom is 0.134 e. The molecule has 0 spiro atoms. The number of hydrogen-bond donors (Lipinski definition) is 1. The van der Waals surface area contributed by atoms with Crippen molar-refractivity contribution in [3.05, 3.63) is 41.7 Å². The number of hydrogen-bond acceptors (Lipinski definition) is 4. The van der Waals surface area contributed by atoms with Gasteiger partial charge in [-0.25, -0.2) is 0 Å². The lowest BCUT2D eigenvalue weighted by Gasteiger charge is -2.14. The molecule has 2 rings (SSSR count). The number of aromatic nitrogens is 3. The standard InChI is InChI=1S/C13H17N3O2/c1-3-12(17)11-6-4-5-7-13(11)18-9-10-8-16(2)15-14-10/h4-8,12,17H,3,9H2,1-2H3/t12-/m0/s1. The molecule has 1 N–H and O–H groups in total. The topological polar surface area (TPSA) is 60.2 Å². The van der Waals surface area contributed by atoms with E-state index in [-0.39, 0.29) is 0 Å². The highest BCUT2D eigenvalue weighted by molar-refractivity contribution is 5.35. The summed E-state index contributed by atoms with van der Waals surface area (Å²) in [5, 5.41) is 17.7. The predicted octanol–water partition coefficient (Wildman–Crippen LogP) is 1.84. The van der Waals surface area contributed by atoms with Crippen molar-refractivity contribution in [1.82, 2.24) is 15.0 Å². The second kappa shape index (κ2) is 5.64. The fourth-order valence-electron chi connectivity index (χ4n) is 1.72. The molecule has 0 radical (unpaired) electrons. The number of benzene rings is 1. The van der Waals surface area contributed by atoms with E-state index in [0.717, 1.165) is 11.3 Å². The smallest absolute Gasteiger partial charge is 0.134 e. The average molecular weight is 247 g/mol. The lowest BCUT2D eigenvalue weighted by molar-refractivity contribution is 0.166. The van der Waals surface area contributed by atoms with Crippen molar-refractivity contribution in [3.8, 4) is 5.75 Å². The molecule has 0 bridgehead atoms. The Kier molecular flexibility index (Phi) is 3.94. The minimum atomic E-state index is -0.497. The monoisotopic (exact) mass is 247 g/mol. The zero-order chi connectivity index (χ0) is 13.0. The zero-order valence-electron chi connectivity index (χ0n) is 10.6. The fourth-order valence-corrected chi connectivity index (χ4v) is 1.72. The first kappa shape index (κ1) is 12.6. The van der Waals surface area contributed by atoms with Crippen LogP contribution in [0.3, 0.4) is 0 Å². The van der Waals surface area contributed by atoms with E-state index < -0.39 is 6.10 Å². The van der Waals surface area contributed by atoms with Gasteiger partial charge in [0.15, 0.2) is 0 Å². The molecule has 0 aliphatic carbocycles. The van der Waals surface area contributed by atoms with Gasteiger partial charge >= 0.3 is 0 Å². The van der Waals surface area contributed by atoms with Gasteiger partial charge in [0.25, 0.3) is 0 Å². The Labute approximate surface area is 106 Å². The van der Waals surface area contributed by atoms with Gasteiger partial charge in [0.05, 0.1) is 12.3 Å². The molecule has 0 amide bonds. The molecule has 0 fully saturated rings. The number of para-hydroxylation sites is 1. The quantitative estimate of drug-likeness (QED) is 0.875. The van der Waals surface area contributed by atoms with E-state index in [4.69, 9.17) is 4.74 Å². The van der Waals surface area contributed by atoms with Crippen LogP contribution in [0.4, 0.5) is 0 Å². The van der Waals surface area contributed by atoms with E-state index in [9.17, 15) is 5.11 Å². The molecule has 0 aliphatic heterocycles. The summed E-state index contributed by atoms with van der Waals surface area (Å²) >= 11 is 0. The van der Waals surface area contributed by atoms with Crippen LogP contribution in [0.1, 0.15) is 30.7 Å². The molecule has 1 atom stereocenters. The number of aliphatic hydroxyl groups excluding tert-OH is 1. The van der Waals surface area contributed by atoms with Crippen LogP contribution in [0.25, 0.3) is 0 Å². The average Bonchev–Trinajstić information content (AvgIpc) is 2.81. The van der Waals surface area contributed by atoms with E-state index >= 15 is 0 Å². The summed E-state index contributed by atoms with van der Waals surface area (Å²) in [5.74, 6) is 0.692.